The second kappa shape index (κ2) is 71.1. The molecular weight excluding hydrogens is 995 g/mol. The van der Waals surface area contributed by atoms with E-state index in [0.717, 1.165) is 38.5 Å². The summed E-state index contributed by atoms with van der Waals surface area (Å²) < 4.78 is 5.52. The van der Waals surface area contributed by atoms with Crippen molar-refractivity contribution >= 4 is 11.9 Å². The minimum absolute atomic E-state index is 0.0263. The summed E-state index contributed by atoms with van der Waals surface area (Å²) >= 11 is 0. The van der Waals surface area contributed by atoms with Crippen molar-refractivity contribution in [2.24, 2.45) is 0 Å². The van der Waals surface area contributed by atoms with Gasteiger partial charge in [0.25, 0.3) is 0 Å². The van der Waals surface area contributed by atoms with Gasteiger partial charge in [-0.2, -0.15) is 0 Å². The highest BCUT2D eigenvalue weighted by Crippen LogP contribution is 2.20. The maximum absolute atomic E-state index is 12.5. The van der Waals surface area contributed by atoms with Gasteiger partial charge in [-0.1, -0.05) is 398 Å². The predicted octanol–water partition coefficient (Wildman–Crippen LogP) is 24.3. The van der Waals surface area contributed by atoms with E-state index in [1.807, 2.05) is 6.08 Å². The van der Waals surface area contributed by atoms with Crippen LogP contribution in [0.5, 0.6) is 0 Å². The van der Waals surface area contributed by atoms with Gasteiger partial charge in [0.2, 0.25) is 5.91 Å². The van der Waals surface area contributed by atoms with Crippen molar-refractivity contribution in [2.45, 2.75) is 443 Å². The van der Waals surface area contributed by atoms with Crippen molar-refractivity contribution in [2.75, 3.05) is 13.2 Å². The van der Waals surface area contributed by atoms with E-state index in [1.54, 1.807) is 6.08 Å². The summed E-state index contributed by atoms with van der Waals surface area (Å²) in [4.78, 5) is 24.6. The zero-order chi connectivity index (χ0) is 58.5. The van der Waals surface area contributed by atoms with Gasteiger partial charge in [0.05, 0.1) is 25.4 Å². The number of nitrogens with one attached hydrogen (secondary N) is 1. The molecule has 0 aliphatic carbocycles. The number of hydrogen-bond acceptors (Lipinski definition) is 5. The number of amides is 1. The Labute approximate surface area is 508 Å². The molecule has 0 rings (SSSR count). The molecule has 0 heterocycles. The fourth-order valence-corrected chi connectivity index (χ4v) is 12.1. The van der Waals surface area contributed by atoms with Gasteiger partial charge in [0.15, 0.2) is 0 Å². The first-order valence-corrected chi connectivity index (χ1v) is 37.5. The third kappa shape index (κ3) is 67.6. The van der Waals surface area contributed by atoms with Gasteiger partial charge in [-0.3, -0.25) is 9.59 Å². The lowest BCUT2D eigenvalue weighted by Crippen LogP contribution is -2.45. The Balaban J connectivity index is 3.30. The van der Waals surface area contributed by atoms with Crippen LogP contribution in [0.3, 0.4) is 0 Å². The van der Waals surface area contributed by atoms with Gasteiger partial charge in [-0.25, -0.2) is 0 Å². The van der Waals surface area contributed by atoms with Gasteiger partial charge in [0, 0.05) is 12.8 Å². The lowest BCUT2D eigenvalue weighted by molar-refractivity contribution is -0.143. The monoisotopic (exact) mass is 1140 g/mol. The SMILES string of the molecule is CCCCCCCCCCCCCC/C=C/C(O)C(CO)NC(=O)CCCCCCCCCCCCCCCCCCCCCCCCCCCCCCCCCOC(=O)CCCCCCCCCCCCCCCCCCCCC. The normalized spacial score (nSPS) is 12.5. The fraction of sp³-hybridized carbons (Fsp3) is 0.947. The van der Waals surface area contributed by atoms with Gasteiger partial charge >= 0.3 is 5.97 Å². The van der Waals surface area contributed by atoms with Gasteiger partial charge in [0.1, 0.15) is 0 Å². The summed E-state index contributed by atoms with van der Waals surface area (Å²) in [5.74, 6) is -0.0347. The van der Waals surface area contributed by atoms with E-state index in [4.69, 9.17) is 4.74 Å². The molecule has 0 radical (unpaired) electrons. The molecule has 3 N–H and O–H groups in total. The quantitative estimate of drug-likeness (QED) is 0.0320. The Morgan fingerprint density at radius 1 is 0.333 bits per heavy atom. The van der Waals surface area contributed by atoms with Crippen LogP contribution in [0.1, 0.15) is 431 Å². The van der Waals surface area contributed by atoms with E-state index < -0.39 is 12.1 Å². The van der Waals surface area contributed by atoms with Crippen LogP contribution in [0.2, 0.25) is 0 Å². The highest BCUT2D eigenvalue weighted by molar-refractivity contribution is 5.76. The van der Waals surface area contributed by atoms with Crippen molar-refractivity contribution < 1.29 is 24.5 Å². The number of aliphatic hydroxyl groups is 2. The Morgan fingerprint density at radius 2 is 0.568 bits per heavy atom. The largest absolute Gasteiger partial charge is 0.466 e. The summed E-state index contributed by atoms with van der Waals surface area (Å²) in [6.45, 7) is 4.95. The highest BCUT2D eigenvalue weighted by Gasteiger charge is 2.18. The average Bonchev–Trinajstić information content (AvgIpc) is 3.47. The first kappa shape index (κ1) is 79.6. The summed E-state index contributed by atoms with van der Waals surface area (Å²) in [6, 6.07) is -0.623. The molecule has 0 bridgehead atoms. The molecule has 0 saturated carbocycles. The van der Waals surface area contributed by atoms with Crippen LogP contribution in [-0.2, 0) is 14.3 Å². The molecule has 81 heavy (non-hydrogen) atoms. The minimum Gasteiger partial charge on any atom is -0.466 e. The van der Waals surface area contributed by atoms with Crippen LogP contribution in [0, 0.1) is 0 Å². The van der Waals surface area contributed by atoms with Gasteiger partial charge in [-0.05, 0) is 32.1 Å². The van der Waals surface area contributed by atoms with Crippen LogP contribution < -0.4 is 5.32 Å². The smallest absolute Gasteiger partial charge is 0.305 e. The molecule has 0 aromatic heterocycles. The van der Waals surface area contributed by atoms with Crippen LogP contribution in [-0.4, -0.2) is 47.4 Å². The topological polar surface area (TPSA) is 95.9 Å². The highest BCUT2D eigenvalue weighted by atomic mass is 16.5. The lowest BCUT2D eigenvalue weighted by atomic mass is 10.0. The molecule has 6 heteroatoms. The van der Waals surface area contributed by atoms with E-state index in [-0.39, 0.29) is 18.5 Å². The predicted molar refractivity (Wildman–Crippen MR) is 357 cm³/mol. The minimum atomic E-state index is -0.840. The summed E-state index contributed by atoms with van der Waals surface area (Å²) in [6.07, 6.45) is 88.9. The van der Waals surface area contributed by atoms with E-state index in [0.29, 0.717) is 19.4 Å². The first-order valence-electron chi connectivity index (χ1n) is 37.5. The van der Waals surface area contributed by atoms with E-state index >= 15 is 0 Å². The number of unbranched alkanes of at least 4 members (excludes halogenated alkanes) is 60. The number of esters is 1. The number of aliphatic hydroxyl groups excluding tert-OH is 2. The summed E-state index contributed by atoms with van der Waals surface area (Å²) in [5.41, 5.74) is 0. The Kier molecular flexibility index (Phi) is 69.9. The Hall–Kier alpha value is -1.40. The molecular formula is C75H147NO5. The zero-order valence-corrected chi connectivity index (χ0v) is 55.3. The Bertz CT molecular complexity index is 1220. The number of rotatable bonds is 71. The molecule has 0 aromatic rings. The summed E-state index contributed by atoms with van der Waals surface area (Å²) in [5, 5.41) is 23.2. The molecule has 2 unspecified atom stereocenters. The number of carbonyl (C=O) groups excluding carboxylic acids is 2. The van der Waals surface area contributed by atoms with Crippen LogP contribution in [0.25, 0.3) is 0 Å². The molecule has 0 aromatic carbocycles. The van der Waals surface area contributed by atoms with E-state index in [1.165, 1.54) is 366 Å². The molecule has 1 amide bonds. The third-order valence-electron chi connectivity index (χ3n) is 17.8. The lowest BCUT2D eigenvalue weighted by Gasteiger charge is -2.20. The van der Waals surface area contributed by atoms with E-state index in [2.05, 4.69) is 19.2 Å². The molecule has 0 aliphatic rings. The zero-order valence-electron chi connectivity index (χ0n) is 55.3. The maximum Gasteiger partial charge on any atom is 0.305 e. The van der Waals surface area contributed by atoms with Crippen molar-refractivity contribution in [1.29, 1.82) is 0 Å². The summed E-state index contributed by atoms with van der Waals surface area (Å²) in [7, 11) is 0. The maximum atomic E-state index is 12.5. The van der Waals surface area contributed by atoms with Crippen molar-refractivity contribution in [3.05, 3.63) is 12.2 Å². The van der Waals surface area contributed by atoms with Crippen molar-refractivity contribution in [1.82, 2.24) is 5.32 Å². The van der Waals surface area contributed by atoms with Crippen LogP contribution in [0.15, 0.2) is 12.2 Å². The fourth-order valence-electron chi connectivity index (χ4n) is 12.1. The third-order valence-corrected chi connectivity index (χ3v) is 17.8. The molecule has 0 spiro atoms. The van der Waals surface area contributed by atoms with Gasteiger partial charge < -0.3 is 20.3 Å². The first-order chi connectivity index (χ1) is 40.0. The molecule has 0 fully saturated rings. The number of carbonyl (C=O) groups is 2. The Morgan fingerprint density at radius 3 is 0.840 bits per heavy atom. The standard InChI is InChI=1S/C75H147NO5/c1-3-5-7-9-11-13-15-17-19-20-34-38-41-45-49-53-57-61-65-69-75(80)81-70-66-62-58-54-50-46-42-39-36-33-31-29-27-25-23-21-22-24-26-28-30-32-35-37-40-44-48-52-56-60-64-68-74(79)76-72(71-77)73(78)67-63-59-55-51-47-43-18-16-14-12-10-8-6-4-2/h63,67,72-73,77-78H,3-62,64-66,68-71H2,1-2H3,(H,76,79)/b67-63+. The molecule has 2 atom stereocenters. The van der Waals surface area contributed by atoms with Crippen molar-refractivity contribution in [3.63, 3.8) is 0 Å². The van der Waals surface area contributed by atoms with Gasteiger partial charge in [-0.15, -0.1) is 0 Å². The molecule has 6 nitrogen and oxygen atoms in total. The number of hydrogen-bond donors (Lipinski definition) is 3. The average molecular weight is 1140 g/mol. The van der Waals surface area contributed by atoms with Crippen molar-refractivity contribution in [3.8, 4) is 0 Å². The second-order valence-electron chi connectivity index (χ2n) is 26.0. The number of allylic oxidation sites excluding steroid dienone is 1. The second-order valence-corrected chi connectivity index (χ2v) is 26.0. The van der Waals surface area contributed by atoms with E-state index in [9.17, 15) is 19.8 Å². The van der Waals surface area contributed by atoms with Crippen LogP contribution >= 0.6 is 0 Å². The number of ether oxygens (including phenoxy) is 1. The molecule has 482 valence electrons. The molecule has 0 saturated heterocycles. The molecule has 0 aliphatic heterocycles. The van der Waals surface area contributed by atoms with Crippen LogP contribution in [0.4, 0.5) is 0 Å².